The van der Waals surface area contributed by atoms with E-state index in [4.69, 9.17) is 4.42 Å². The molecular formula is C20H17N3O3. The molecule has 6 nitrogen and oxygen atoms in total. The van der Waals surface area contributed by atoms with E-state index < -0.39 is 5.56 Å². The van der Waals surface area contributed by atoms with Crippen molar-refractivity contribution >= 4 is 11.0 Å². The van der Waals surface area contributed by atoms with Gasteiger partial charge in [0.05, 0.1) is 24.9 Å². The second-order valence-corrected chi connectivity index (χ2v) is 6.20. The number of rotatable bonds is 4. The Bertz CT molecular complexity index is 1190. The van der Waals surface area contributed by atoms with Gasteiger partial charge >= 0.3 is 5.69 Å². The van der Waals surface area contributed by atoms with Crippen molar-refractivity contribution in [2.75, 3.05) is 0 Å². The van der Waals surface area contributed by atoms with Crippen molar-refractivity contribution in [2.24, 2.45) is 0 Å². The minimum absolute atomic E-state index is 0.0744. The minimum atomic E-state index is -0.414. The van der Waals surface area contributed by atoms with Gasteiger partial charge < -0.3 is 4.42 Å². The van der Waals surface area contributed by atoms with Gasteiger partial charge in [-0.3, -0.25) is 13.9 Å². The third kappa shape index (κ3) is 2.86. The fourth-order valence-electron chi connectivity index (χ4n) is 3.09. The molecule has 4 aromatic rings. The SMILES string of the molecule is Cc1cccc(Cn2c(=O)n(Cc3ccco3)c(=O)c3ncccc32)c1. The number of hydrogen-bond donors (Lipinski definition) is 0. The van der Waals surface area contributed by atoms with E-state index in [-0.39, 0.29) is 17.8 Å². The average molecular weight is 347 g/mol. The molecule has 26 heavy (non-hydrogen) atoms. The summed E-state index contributed by atoms with van der Waals surface area (Å²) in [6, 6.07) is 14.9. The number of benzene rings is 1. The molecule has 3 heterocycles. The summed E-state index contributed by atoms with van der Waals surface area (Å²) in [6.45, 7) is 2.44. The topological polar surface area (TPSA) is 70.0 Å². The summed E-state index contributed by atoms with van der Waals surface area (Å²) >= 11 is 0. The van der Waals surface area contributed by atoms with Crippen molar-refractivity contribution in [3.05, 3.63) is 98.7 Å². The summed E-state index contributed by atoms with van der Waals surface area (Å²) in [5, 5.41) is 0. The Balaban J connectivity index is 1.93. The van der Waals surface area contributed by atoms with Crippen LogP contribution in [-0.2, 0) is 13.1 Å². The molecule has 130 valence electrons. The lowest BCUT2D eigenvalue weighted by molar-refractivity contribution is 0.479. The summed E-state index contributed by atoms with van der Waals surface area (Å²) in [5.41, 5.74) is 2.10. The Hall–Kier alpha value is -3.41. The van der Waals surface area contributed by atoms with Gasteiger partial charge in [0.1, 0.15) is 5.76 Å². The molecule has 4 rings (SSSR count). The Kier molecular flexibility index (Phi) is 4.01. The van der Waals surface area contributed by atoms with E-state index in [1.165, 1.54) is 10.8 Å². The molecule has 0 aliphatic rings. The summed E-state index contributed by atoms with van der Waals surface area (Å²) in [6.07, 6.45) is 3.08. The van der Waals surface area contributed by atoms with Gasteiger partial charge in [0, 0.05) is 6.20 Å². The van der Waals surface area contributed by atoms with Crippen molar-refractivity contribution in [3.63, 3.8) is 0 Å². The van der Waals surface area contributed by atoms with Crippen molar-refractivity contribution in [1.82, 2.24) is 14.1 Å². The van der Waals surface area contributed by atoms with Gasteiger partial charge in [-0.25, -0.2) is 9.78 Å². The van der Waals surface area contributed by atoms with Crippen LogP contribution in [0.1, 0.15) is 16.9 Å². The highest BCUT2D eigenvalue weighted by Gasteiger charge is 2.15. The maximum atomic E-state index is 13.1. The lowest BCUT2D eigenvalue weighted by atomic mass is 10.1. The van der Waals surface area contributed by atoms with Gasteiger partial charge in [0.25, 0.3) is 5.56 Å². The van der Waals surface area contributed by atoms with E-state index in [9.17, 15) is 9.59 Å². The summed E-state index contributed by atoms with van der Waals surface area (Å²) in [7, 11) is 0. The quantitative estimate of drug-likeness (QED) is 0.569. The zero-order valence-electron chi connectivity index (χ0n) is 14.3. The van der Waals surface area contributed by atoms with E-state index in [2.05, 4.69) is 4.98 Å². The third-order valence-corrected chi connectivity index (χ3v) is 4.30. The first-order chi connectivity index (χ1) is 12.6. The molecule has 0 spiro atoms. The van der Waals surface area contributed by atoms with Crippen LogP contribution >= 0.6 is 0 Å². The molecule has 0 N–H and O–H groups in total. The highest BCUT2D eigenvalue weighted by Crippen LogP contribution is 2.10. The van der Waals surface area contributed by atoms with Gasteiger partial charge in [0.2, 0.25) is 0 Å². The first-order valence-corrected chi connectivity index (χ1v) is 8.30. The van der Waals surface area contributed by atoms with Gasteiger partial charge in [-0.05, 0) is 36.8 Å². The van der Waals surface area contributed by atoms with Crippen LogP contribution in [0, 0.1) is 6.92 Å². The van der Waals surface area contributed by atoms with E-state index in [1.54, 1.807) is 35.0 Å². The average Bonchev–Trinajstić information content (AvgIpc) is 3.16. The molecule has 0 unspecified atom stereocenters. The normalized spacial score (nSPS) is 11.1. The molecule has 1 aromatic carbocycles. The predicted molar refractivity (Wildman–Crippen MR) is 98.4 cm³/mol. The Morgan fingerprint density at radius 3 is 2.65 bits per heavy atom. The minimum Gasteiger partial charge on any atom is -0.467 e. The zero-order valence-corrected chi connectivity index (χ0v) is 14.3. The van der Waals surface area contributed by atoms with E-state index in [0.29, 0.717) is 17.8 Å². The molecule has 0 saturated heterocycles. The molecule has 0 fully saturated rings. The van der Waals surface area contributed by atoms with E-state index in [1.807, 2.05) is 31.2 Å². The Labute approximate surface area is 149 Å². The zero-order chi connectivity index (χ0) is 18.1. The maximum absolute atomic E-state index is 13.1. The van der Waals surface area contributed by atoms with Gasteiger partial charge in [-0.15, -0.1) is 0 Å². The highest BCUT2D eigenvalue weighted by molar-refractivity contribution is 5.73. The summed E-state index contributed by atoms with van der Waals surface area (Å²) in [4.78, 5) is 30.1. The smallest absolute Gasteiger partial charge is 0.332 e. The molecule has 0 radical (unpaired) electrons. The molecule has 0 atom stereocenters. The van der Waals surface area contributed by atoms with Crippen LogP contribution in [0.4, 0.5) is 0 Å². The van der Waals surface area contributed by atoms with Crippen LogP contribution in [0.15, 0.2) is 75.0 Å². The number of nitrogens with zero attached hydrogens (tertiary/aromatic N) is 3. The van der Waals surface area contributed by atoms with Crippen LogP contribution in [0.5, 0.6) is 0 Å². The number of aromatic nitrogens is 3. The predicted octanol–water partition coefficient (Wildman–Crippen LogP) is 2.56. The molecule has 0 saturated carbocycles. The van der Waals surface area contributed by atoms with E-state index in [0.717, 1.165) is 11.1 Å². The lowest BCUT2D eigenvalue weighted by Gasteiger charge is -2.13. The largest absolute Gasteiger partial charge is 0.467 e. The van der Waals surface area contributed by atoms with Crippen LogP contribution < -0.4 is 11.2 Å². The van der Waals surface area contributed by atoms with Crippen molar-refractivity contribution in [2.45, 2.75) is 20.0 Å². The summed E-state index contributed by atoms with van der Waals surface area (Å²) in [5.74, 6) is 0.543. The monoisotopic (exact) mass is 347 g/mol. The molecule has 0 amide bonds. The molecular weight excluding hydrogens is 330 g/mol. The van der Waals surface area contributed by atoms with Crippen molar-refractivity contribution in [1.29, 1.82) is 0 Å². The van der Waals surface area contributed by atoms with E-state index >= 15 is 0 Å². The Morgan fingerprint density at radius 2 is 1.88 bits per heavy atom. The molecule has 0 bridgehead atoms. The van der Waals surface area contributed by atoms with Crippen LogP contribution in [-0.4, -0.2) is 14.1 Å². The van der Waals surface area contributed by atoms with Crippen LogP contribution in [0.3, 0.4) is 0 Å². The maximum Gasteiger partial charge on any atom is 0.332 e. The second-order valence-electron chi connectivity index (χ2n) is 6.20. The molecule has 0 aliphatic heterocycles. The first-order valence-electron chi connectivity index (χ1n) is 8.30. The van der Waals surface area contributed by atoms with Crippen LogP contribution in [0.25, 0.3) is 11.0 Å². The fraction of sp³-hybridized carbons (Fsp3) is 0.150. The van der Waals surface area contributed by atoms with Crippen molar-refractivity contribution < 1.29 is 4.42 Å². The third-order valence-electron chi connectivity index (χ3n) is 4.30. The number of hydrogen-bond acceptors (Lipinski definition) is 4. The second kappa shape index (κ2) is 6.48. The number of pyridine rings is 1. The van der Waals surface area contributed by atoms with Gasteiger partial charge in [-0.2, -0.15) is 0 Å². The van der Waals surface area contributed by atoms with Gasteiger partial charge in [-0.1, -0.05) is 29.8 Å². The standard InChI is InChI=1S/C20H17N3O3/c1-14-5-2-6-15(11-14)12-22-17-8-3-9-21-18(17)19(24)23(20(22)25)13-16-7-4-10-26-16/h2-11H,12-13H2,1H3. The molecule has 0 aliphatic carbocycles. The number of aryl methyl sites for hydroxylation is 1. The molecule has 3 aromatic heterocycles. The highest BCUT2D eigenvalue weighted by atomic mass is 16.3. The Morgan fingerprint density at radius 1 is 1.00 bits per heavy atom. The van der Waals surface area contributed by atoms with Crippen LogP contribution in [0.2, 0.25) is 0 Å². The number of fused-ring (bicyclic) bond motifs is 1. The number of furan rings is 1. The van der Waals surface area contributed by atoms with Gasteiger partial charge in [0.15, 0.2) is 5.52 Å². The summed E-state index contributed by atoms with van der Waals surface area (Å²) < 4.78 is 8.06. The fourth-order valence-corrected chi connectivity index (χ4v) is 3.09. The molecule has 6 heteroatoms. The lowest BCUT2D eigenvalue weighted by Crippen LogP contribution is -2.40. The first kappa shape index (κ1) is 16.1. The van der Waals surface area contributed by atoms with Crippen molar-refractivity contribution in [3.8, 4) is 0 Å².